The molecule has 0 aromatic heterocycles. The number of hydroxylamine groups is 1. The fourth-order valence-electron chi connectivity index (χ4n) is 0.513. The molecule has 0 aliphatic rings. The zero-order chi connectivity index (χ0) is 9.99. The third-order valence-corrected chi connectivity index (χ3v) is 2.37. The van der Waals surface area contributed by atoms with Crippen molar-refractivity contribution in [1.82, 2.24) is 5.48 Å². The number of hydrogen-bond donors (Lipinski definition) is 2. The molecule has 0 aromatic rings. The number of nitrogens with two attached hydrogens (primary N) is 1. The highest BCUT2D eigenvalue weighted by atomic mass is 16.6. The van der Waals surface area contributed by atoms with Crippen LogP contribution in [0.3, 0.4) is 0 Å². The molecule has 0 saturated carbocycles. The Morgan fingerprint density at radius 3 is 2.00 bits per heavy atom. The number of nitrogens with one attached hydrogen (secondary N) is 1. The van der Waals surface area contributed by atoms with E-state index in [9.17, 15) is 4.79 Å². The highest BCUT2D eigenvalue weighted by Crippen LogP contribution is 2.27. The Balaban J connectivity index is 4.50. The van der Waals surface area contributed by atoms with Crippen LogP contribution in [0, 0.1) is 5.41 Å². The van der Waals surface area contributed by atoms with Gasteiger partial charge in [0.25, 0.3) is 5.91 Å². The number of rotatable bonds is 3. The van der Waals surface area contributed by atoms with Gasteiger partial charge in [0.05, 0.1) is 12.5 Å². The van der Waals surface area contributed by atoms with Gasteiger partial charge < -0.3 is 5.73 Å². The van der Waals surface area contributed by atoms with Gasteiger partial charge in [-0.1, -0.05) is 0 Å². The maximum absolute atomic E-state index is 11.4. The highest BCUT2D eigenvalue weighted by Gasteiger charge is 2.40. The quantitative estimate of drug-likeness (QED) is 0.610. The molecule has 0 atom stereocenters. The van der Waals surface area contributed by atoms with Gasteiger partial charge in [-0.15, -0.1) is 0 Å². The van der Waals surface area contributed by atoms with E-state index in [-0.39, 0.29) is 5.91 Å². The van der Waals surface area contributed by atoms with Gasteiger partial charge in [0, 0.05) is 5.54 Å². The molecular weight excluding hydrogens is 156 g/mol. The lowest BCUT2D eigenvalue weighted by Gasteiger charge is -2.36. The Labute approximate surface area is 73.4 Å². The minimum atomic E-state index is -0.650. The second kappa shape index (κ2) is 3.41. The molecule has 0 rings (SSSR count). The van der Waals surface area contributed by atoms with E-state index in [4.69, 9.17) is 5.73 Å². The van der Waals surface area contributed by atoms with Crippen molar-refractivity contribution in [2.24, 2.45) is 11.1 Å². The maximum Gasteiger partial charge on any atom is 0.251 e. The molecular formula is C8H18N2O2. The van der Waals surface area contributed by atoms with Crippen molar-refractivity contribution >= 4 is 5.91 Å². The van der Waals surface area contributed by atoms with Crippen molar-refractivity contribution in [2.45, 2.75) is 33.2 Å². The van der Waals surface area contributed by atoms with Crippen LogP contribution in [-0.2, 0) is 9.63 Å². The van der Waals surface area contributed by atoms with Crippen LogP contribution in [0.1, 0.15) is 27.7 Å². The lowest BCUT2D eigenvalue weighted by Crippen LogP contribution is -2.55. The number of carbonyl (C=O) groups excluding carboxylic acids is 1. The van der Waals surface area contributed by atoms with Gasteiger partial charge in [-0.2, -0.15) is 0 Å². The second-order valence-corrected chi connectivity index (χ2v) is 3.98. The van der Waals surface area contributed by atoms with Gasteiger partial charge in [0.1, 0.15) is 0 Å². The molecule has 3 N–H and O–H groups in total. The number of hydrogen-bond acceptors (Lipinski definition) is 3. The molecule has 0 aliphatic heterocycles. The summed E-state index contributed by atoms with van der Waals surface area (Å²) in [5, 5.41) is 0. The zero-order valence-electron chi connectivity index (χ0n) is 8.39. The SMILES string of the molecule is CONC(=O)C(C)(C)C(C)(C)N. The van der Waals surface area contributed by atoms with E-state index in [1.807, 2.05) is 13.8 Å². The molecule has 0 saturated heterocycles. The first-order valence-corrected chi connectivity index (χ1v) is 3.86. The van der Waals surface area contributed by atoms with E-state index < -0.39 is 11.0 Å². The Kier molecular flexibility index (Phi) is 3.24. The molecule has 12 heavy (non-hydrogen) atoms. The first-order chi connectivity index (χ1) is 5.23. The third kappa shape index (κ3) is 2.19. The predicted octanol–water partition coefficient (Wildman–Crippen LogP) is 0.427. The summed E-state index contributed by atoms with van der Waals surface area (Å²) in [6.07, 6.45) is 0. The molecule has 0 fully saturated rings. The lowest BCUT2D eigenvalue weighted by molar-refractivity contribution is -0.143. The molecule has 0 spiro atoms. The summed E-state index contributed by atoms with van der Waals surface area (Å²) in [4.78, 5) is 15.9. The standard InChI is InChI=1S/C8H18N2O2/c1-7(2,8(3,4)9)6(11)10-12-5/h9H2,1-5H3,(H,10,11). The fraction of sp³-hybridized carbons (Fsp3) is 0.875. The molecule has 4 heteroatoms. The first-order valence-electron chi connectivity index (χ1n) is 3.86. The lowest BCUT2D eigenvalue weighted by atomic mass is 9.75. The Morgan fingerprint density at radius 1 is 1.33 bits per heavy atom. The summed E-state index contributed by atoms with van der Waals surface area (Å²) in [7, 11) is 1.40. The van der Waals surface area contributed by atoms with Crippen LogP contribution in [0.25, 0.3) is 0 Å². The molecule has 1 amide bonds. The molecule has 0 heterocycles. The highest BCUT2D eigenvalue weighted by molar-refractivity contribution is 5.82. The summed E-state index contributed by atoms with van der Waals surface area (Å²) in [5.74, 6) is -0.211. The summed E-state index contributed by atoms with van der Waals surface area (Å²) >= 11 is 0. The maximum atomic E-state index is 11.4. The van der Waals surface area contributed by atoms with Crippen molar-refractivity contribution in [3.8, 4) is 0 Å². The molecule has 0 aliphatic carbocycles. The van der Waals surface area contributed by atoms with Crippen molar-refractivity contribution in [2.75, 3.05) is 7.11 Å². The van der Waals surface area contributed by atoms with E-state index in [1.165, 1.54) is 7.11 Å². The zero-order valence-corrected chi connectivity index (χ0v) is 8.39. The van der Waals surface area contributed by atoms with Crippen LogP contribution < -0.4 is 11.2 Å². The van der Waals surface area contributed by atoms with Crippen LogP contribution in [0.5, 0.6) is 0 Å². The monoisotopic (exact) mass is 174 g/mol. The van der Waals surface area contributed by atoms with Crippen molar-refractivity contribution in [3.63, 3.8) is 0 Å². The normalized spacial score (nSPS) is 12.8. The van der Waals surface area contributed by atoms with Crippen LogP contribution in [0.2, 0.25) is 0 Å². The molecule has 4 nitrogen and oxygen atoms in total. The summed E-state index contributed by atoms with van der Waals surface area (Å²) < 4.78 is 0. The van der Waals surface area contributed by atoms with Gasteiger partial charge in [-0.05, 0) is 27.7 Å². The minimum Gasteiger partial charge on any atom is -0.325 e. The van der Waals surface area contributed by atoms with Gasteiger partial charge >= 0.3 is 0 Å². The topological polar surface area (TPSA) is 64.3 Å². The number of amides is 1. The fourth-order valence-corrected chi connectivity index (χ4v) is 0.513. The van der Waals surface area contributed by atoms with Gasteiger partial charge in [0.15, 0.2) is 0 Å². The average Bonchev–Trinajstić information content (AvgIpc) is 1.85. The second-order valence-electron chi connectivity index (χ2n) is 3.98. The van der Waals surface area contributed by atoms with Crippen LogP contribution in [0.15, 0.2) is 0 Å². The van der Waals surface area contributed by atoms with Crippen molar-refractivity contribution in [1.29, 1.82) is 0 Å². The summed E-state index contributed by atoms with van der Waals surface area (Å²) in [5.41, 5.74) is 6.88. The average molecular weight is 174 g/mol. The van der Waals surface area contributed by atoms with Crippen molar-refractivity contribution < 1.29 is 9.63 Å². The Bertz CT molecular complexity index is 170. The Hall–Kier alpha value is -0.610. The van der Waals surface area contributed by atoms with E-state index in [2.05, 4.69) is 10.3 Å². The molecule has 0 aromatic carbocycles. The van der Waals surface area contributed by atoms with Crippen LogP contribution in [0.4, 0.5) is 0 Å². The molecule has 0 bridgehead atoms. The van der Waals surface area contributed by atoms with Gasteiger partial charge in [-0.3, -0.25) is 9.63 Å². The first kappa shape index (κ1) is 11.4. The smallest absolute Gasteiger partial charge is 0.251 e. The molecule has 72 valence electrons. The van der Waals surface area contributed by atoms with E-state index in [0.717, 1.165) is 0 Å². The van der Waals surface area contributed by atoms with E-state index >= 15 is 0 Å². The summed E-state index contributed by atoms with van der Waals surface area (Å²) in [6, 6.07) is 0. The molecule has 0 radical (unpaired) electrons. The van der Waals surface area contributed by atoms with E-state index in [0.29, 0.717) is 0 Å². The summed E-state index contributed by atoms with van der Waals surface area (Å²) in [6.45, 7) is 7.17. The van der Waals surface area contributed by atoms with E-state index in [1.54, 1.807) is 13.8 Å². The third-order valence-electron chi connectivity index (χ3n) is 2.37. The van der Waals surface area contributed by atoms with Crippen LogP contribution >= 0.6 is 0 Å². The molecule has 0 unspecified atom stereocenters. The van der Waals surface area contributed by atoms with Crippen LogP contribution in [-0.4, -0.2) is 18.6 Å². The largest absolute Gasteiger partial charge is 0.325 e. The minimum absolute atomic E-state index is 0.211. The predicted molar refractivity (Wildman–Crippen MR) is 47.2 cm³/mol. The number of carbonyl (C=O) groups is 1. The van der Waals surface area contributed by atoms with Gasteiger partial charge in [-0.25, -0.2) is 5.48 Å². The van der Waals surface area contributed by atoms with Gasteiger partial charge in [0.2, 0.25) is 0 Å². The van der Waals surface area contributed by atoms with Crippen molar-refractivity contribution in [3.05, 3.63) is 0 Å². The Morgan fingerprint density at radius 2 is 1.75 bits per heavy atom.